The summed E-state index contributed by atoms with van der Waals surface area (Å²) in [6, 6.07) is 2.79. The van der Waals surface area contributed by atoms with Crippen LogP contribution in [0.1, 0.15) is 0 Å². The minimum atomic E-state index is -1.20. The third-order valence-corrected chi connectivity index (χ3v) is 2.26. The summed E-state index contributed by atoms with van der Waals surface area (Å²) in [6.45, 7) is -0.994. The third-order valence-electron chi connectivity index (χ3n) is 2.02. The fraction of sp³-hybridized carbons (Fsp3) is 0.182. The van der Waals surface area contributed by atoms with Crippen LogP contribution in [0.3, 0.4) is 0 Å². The van der Waals surface area contributed by atoms with Gasteiger partial charge in [-0.2, -0.15) is 0 Å². The summed E-state index contributed by atoms with van der Waals surface area (Å²) in [5.74, 6) is -2.57. The second-order valence-corrected chi connectivity index (χ2v) is 4.04. The van der Waals surface area contributed by atoms with Gasteiger partial charge < -0.3 is 21.1 Å². The van der Waals surface area contributed by atoms with Crippen molar-refractivity contribution in [1.82, 2.24) is 10.6 Å². The molecule has 0 unspecified atom stereocenters. The topological polar surface area (TPSA) is 108 Å². The van der Waals surface area contributed by atoms with Crippen LogP contribution in [0.25, 0.3) is 0 Å². The Morgan fingerprint density at radius 2 is 1.90 bits per heavy atom. The zero-order valence-corrected chi connectivity index (χ0v) is 10.8. The Labute approximate surface area is 118 Å². The number of hydrogen-bond donors (Lipinski definition) is 4. The summed E-state index contributed by atoms with van der Waals surface area (Å²) in [5.41, 5.74) is -0.138. The number of carboxylic acid groups (broad SMARTS) is 1. The largest absolute Gasteiger partial charge is 0.480 e. The van der Waals surface area contributed by atoms with Crippen LogP contribution in [0.5, 0.6) is 0 Å². The van der Waals surface area contributed by atoms with Crippen molar-refractivity contribution in [2.75, 3.05) is 18.4 Å². The average molecular weight is 304 g/mol. The van der Waals surface area contributed by atoms with E-state index in [2.05, 4.69) is 10.6 Å². The minimum absolute atomic E-state index is 0.138. The van der Waals surface area contributed by atoms with E-state index >= 15 is 0 Å². The van der Waals surface area contributed by atoms with Crippen LogP contribution in [0.4, 0.5) is 14.9 Å². The summed E-state index contributed by atoms with van der Waals surface area (Å²) >= 11 is 5.64. The molecule has 0 spiro atoms. The van der Waals surface area contributed by atoms with Gasteiger partial charge in [-0.05, 0) is 18.2 Å². The van der Waals surface area contributed by atoms with Crippen LogP contribution in [0.15, 0.2) is 18.2 Å². The number of halogens is 2. The number of carbonyl (C=O) groups excluding carboxylic acids is 2. The highest BCUT2D eigenvalue weighted by Gasteiger charge is 2.09. The zero-order chi connectivity index (χ0) is 15.1. The SMILES string of the molecule is O=C(O)CNC(=O)CNC(=O)Nc1cc(Cl)ccc1F. The molecule has 108 valence electrons. The van der Waals surface area contributed by atoms with E-state index < -0.39 is 36.8 Å². The van der Waals surface area contributed by atoms with Gasteiger partial charge in [-0.15, -0.1) is 0 Å². The van der Waals surface area contributed by atoms with E-state index in [0.717, 1.165) is 6.07 Å². The molecule has 0 heterocycles. The zero-order valence-electron chi connectivity index (χ0n) is 10.1. The lowest BCUT2D eigenvalue weighted by molar-refractivity contribution is -0.137. The Morgan fingerprint density at radius 3 is 2.55 bits per heavy atom. The molecule has 1 rings (SSSR count). The summed E-state index contributed by atoms with van der Waals surface area (Å²) in [5, 5.41) is 14.9. The first kappa shape index (κ1) is 15.7. The number of nitrogens with one attached hydrogen (secondary N) is 3. The molecule has 0 aliphatic carbocycles. The Hall–Kier alpha value is -2.35. The molecule has 1 aromatic carbocycles. The first-order valence-electron chi connectivity index (χ1n) is 5.37. The molecule has 0 aliphatic heterocycles. The molecule has 0 saturated carbocycles. The van der Waals surface area contributed by atoms with Crippen LogP contribution in [0.2, 0.25) is 5.02 Å². The normalized spacial score (nSPS) is 9.70. The summed E-state index contributed by atoms with van der Waals surface area (Å²) in [4.78, 5) is 32.7. The van der Waals surface area contributed by atoms with E-state index in [1.807, 2.05) is 5.32 Å². The molecule has 4 N–H and O–H groups in total. The highest BCUT2D eigenvalue weighted by Crippen LogP contribution is 2.19. The number of urea groups is 1. The van der Waals surface area contributed by atoms with Gasteiger partial charge in [0.1, 0.15) is 12.4 Å². The first-order chi connectivity index (χ1) is 9.38. The van der Waals surface area contributed by atoms with Gasteiger partial charge in [0.15, 0.2) is 0 Å². The lowest BCUT2D eigenvalue weighted by atomic mass is 10.3. The van der Waals surface area contributed by atoms with Crippen LogP contribution in [0, 0.1) is 5.82 Å². The molecule has 0 aromatic heterocycles. The highest BCUT2D eigenvalue weighted by atomic mass is 35.5. The molecule has 20 heavy (non-hydrogen) atoms. The van der Waals surface area contributed by atoms with Crippen LogP contribution in [-0.2, 0) is 9.59 Å². The second kappa shape index (κ2) is 7.29. The molecular weight excluding hydrogens is 293 g/mol. The molecule has 7 nitrogen and oxygen atoms in total. The molecule has 0 saturated heterocycles. The van der Waals surface area contributed by atoms with Gasteiger partial charge in [-0.3, -0.25) is 9.59 Å². The monoisotopic (exact) mass is 303 g/mol. The maximum absolute atomic E-state index is 13.3. The summed E-state index contributed by atoms with van der Waals surface area (Å²) < 4.78 is 13.3. The molecule has 9 heteroatoms. The van der Waals surface area contributed by atoms with E-state index in [4.69, 9.17) is 16.7 Å². The van der Waals surface area contributed by atoms with Gasteiger partial charge >= 0.3 is 12.0 Å². The van der Waals surface area contributed by atoms with Gasteiger partial charge in [0.2, 0.25) is 5.91 Å². The van der Waals surface area contributed by atoms with Crippen molar-refractivity contribution in [3.8, 4) is 0 Å². The lowest BCUT2D eigenvalue weighted by Gasteiger charge is -2.08. The standard InChI is InChI=1S/C11H11ClFN3O4/c12-6-1-2-7(13)8(3-6)16-11(20)15-4-9(17)14-5-10(18)19/h1-3H,4-5H2,(H,14,17)(H,18,19)(H2,15,16,20). The van der Waals surface area contributed by atoms with Crippen molar-refractivity contribution in [3.63, 3.8) is 0 Å². The van der Waals surface area contributed by atoms with E-state index in [9.17, 15) is 18.8 Å². The predicted octanol–water partition coefficient (Wildman–Crippen LogP) is 0.801. The van der Waals surface area contributed by atoms with Crippen molar-refractivity contribution in [2.24, 2.45) is 0 Å². The fourth-order valence-electron chi connectivity index (χ4n) is 1.16. The molecule has 0 aliphatic rings. The van der Waals surface area contributed by atoms with Crippen LogP contribution in [-0.4, -0.2) is 36.1 Å². The molecule has 0 radical (unpaired) electrons. The lowest BCUT2D eigenvalue weighted by Crippen LogP contribution is -2.40. The number of aliphatic carboxylic acids is 1. The maximum Gasteiger partial charge on any atom is 0.322 e. The van der Waals surface area contributed by atoms with Crippen molar-refractivity contribution < 1.29 is 23.9 Å². The number of carboxylic acids is 1. The van der Waals surface area contributed by atoms with E-state index in [1.165, 1.54) is 12.1 Å². The summed E-state index contributed by atoms with van der Waals surface area (Å²) in [7, 11) is 0. The molecule has 0 bridgehead atoms. The van der Waals surface area contributed by atoms with Crippen LogP contribution >= 0.6 is 11.6 Å². The number of amides is 3. The predicted molar refractivity (Wildman–Crippen MR) is 69.1 cm³/mol. The highest BCUT2D eigenvalue weighted by molar-refractivity contribution is 6.30. The van der Waals surface area contributed by atoms with E-state index in [-0.39, 0.29) is 10.7 Å². The van der Waals surface area contributed by atoms with Gasteiger partial charge in [0.25, 0.3) is 0 Å². The second-order valence-electron chi connectivity index (χ2n) is 3.60. The van der Waals surface area contributed by atoms with Gasteiger partial charge in [0.05, 0.1) is 12.2 Å². The van der Waals surface area contributed by atoms with Crippen molar-refractivity contribution >= 4 is 35.2 Å². The fourth-order valence-corrected chi connectivity index (χ4v) is 1.33. The van der Waals surface area contributed by atoms with Gasteiger partial charge in [0, 0.05) is 5.02 Å². The Balaban J connectivity index is 2.42. The Kier molecular flexibility index (Phi) is 5.73. The number of anilines is 1. The van der Waals surface area contributed by atoms with Gasteiger partial charge in [-0.1, -0.05) is 11.6 Å². The average Bonchev–Trinajstić information content (AvgIpc) is 2.38. The van der Waals surface area contributed by atoms with Crippen molar-refractivity contribution in [1.29, 1.82) is 0 Å². The minimum Gasteiger partial charge on any atom is -0.480 e. The summed E-state index contributed by atoms with van der Waals surface area (Å²) in [6.07, 6.45) is 0. The smallest absolute Gasteiger partial charge is 0.322 e. The van der Waals surface area contributed by atoms with Gasteiger partial charge in [-0.25, -0.2) is 9.18 Å². The number of carbonyl (C=O) groups is 3. The molecular formula is C11H11ClFN3O4. The molecule has 0 fully saturated rings. The number of hydrogen-bond acceptors (Lipinski definition) is 3. The van der Waals surface area contributed by atoms with E-state index in [1.54, 1.807) is 0 Å². The Bertz CT molecular complexity index is 538. The van der Waals surface area contributed by atoms with Crippen molar-refractivity contribution in [3.05, 3.63) is 29.0 Å². The molecule has 0 atom stereocenters. The number of rotatable bonds is 5. The van der Waals surface area contributed by atoms with Crippen LogP contribution < -0.4 is 16.0 Å². The molecule has 3 amide bonds. The van der Waals surface area contributed by atoms with Crippen molar-refractivity contribution in [2.45, 2.75) is 0 Å². The number of benzene rings is 1. The van der Waals surface area contributed by atoms with E-state index in [0.29, 0.717) is 0 Å². The Morgan fingerprint density at radius 1 is 1.20 bits per heavy atom. The first-order valence-corrected chi connectivity index (χ1v) is 5.74. The molecule has 1 aromatic rings. The maximum atomic E-state index is 13.3. The third kappa shape index (κ3) is 5.53. The quantitative estimate of drug-likeness (QED) is 0.645.